The maximum atomic E-state index is 13.6. The number of nitrogens with zero attached hydrogens (tertiary/aromatic N) is 5. The largest absolute Gasteiger partial charge is 0.294 e. The first-order valence-corrected chi connectivity index (χ1v) is 5.62. The second kappa shape index (κ2) is 5.20. The van der Waals surface area contributed by atoms with Crippen LogP contribution in [0.25, 0.3) is 10.4 Å². The summed E-state index contributed by atoms with van der Waals surface area (Å²) >= 11 is 5.60. The van der Waals surface area contributed by atoms with Gasteiger partial charge in [-0.25, -0.2) is 9.37 Å². The van der Waals surface area contributed by atoms with Gasteiger partial charge in [0, 0.05) is 30.6 Å². The lowest BCUT2D eigenvalue weighted by Gasteiger charge is -2.15. The molecule has 8 heteroatoms. The van der Waals surface area contributed by atoms with Crippen molar-refractivity contribution in [3.05, 3.63) is 33.5 Å². The summed E-state index contributed by atoms with van der Waals surface area (Å²) in [7, 11) is 0. The van der Waals surface area contributed by atoms with Gasteiger partial charge in [-0.3, -0.25) is 9.69 Å². The Bertz CT molecular complexity index is 531. The highest BCUT2D eigenvalue weighted by Crippen LogP contribution is 2.27. The fourth-order valence-corrected chi connectivity index (χ4v) is 2.01. The normalized spacial score (nSPS) is 18.9. The molecule has 0 aliphatic carbocycles. The van der Waals surface area contributed by atoms with Crippen LogP contribution in [0.1, 0.15) is 6.42 Å². The van der Waals surface area contributed by atoms with E-state index < -0.39 is 5.82 Å². The van der Waals surface area contributed by atoms with Crippen molar-refractivity contribution in [1.29, 1.82) is 0 Å². The molecule has 1 aromatic heterocycles. The molecular formula is C10H9ClFN5O. The van der Waals surface area contributed by atoms with Crippen molar-refractivity contribution in [2.45, 2.75) is 6.42 Å². The van der Waals surface area contributed by atoms with Crippen LogP contribution in [-0.4, -0.2) is 24.0 Å². The third-order valence-corrected chi connectivity index (χ3v) is 2.86. The molecule has 1 fully saturated rings. The van der Waals surface area contributed by atoms with Crippen molar-refractivity contribution < 1.29 is 9.18 Å². The average Bonchev–Trinajstić information content (AvgIpc) is 2.68. The molecule has 1 aliphatic rings. The summed E-state index contributed by atoms with van der Waals surface area (Å²) in [5.41, 5.74) is 8.22. The van der Waals surface area contributed by atoms with Gasteiger partial charge in [-0.05, 0) is 17.5 Å². The van der Waals surface area contributed by atoms with E-state index in [4.69, 9.17) is 17.1 Å². The monoisotopic (exact) mass is 269 g/mol. The number of rotatable bonds is 3. The molecule has 0 aromatic carbocycles. The SMILES string of the molecule is [N-]=[N+]=NCC1CC(=O)N(c2ncc(Cl)cc2F)C1. The highest BCUT2D eigenvalue weighted by molar-refractivity contribution is 6.30. The number of carbonyl (C=O) groups is 1. The number of hydrogen-bond acceptors (Lipinski definition) is 3. The lowest BCUT2D eigenvalue weighted by Crippen LogP contribution is -2.26. The topological polar surface area (TPSA) is 82.0 Å². The Morgan fingerprint density at radius 3 is 3.17 bits per heavy atom. The number of anilines is 1. The van der Waals surface area contributed by atoms with E-state index in [9.17, 15) is 9.18 Å². The summed E-state index contributed by atoms with van der Waals surface area (Å²) in [6.07, 6.45) is 1.51. The fourth-order valence-electron chi connectivity index (χ4n) is 1.87. The van der Waals surface area contributed by atoms with Crippen LogP contribution >= 0.6 is 11.6 Å². The third kappa shape index (κ3) is 2.52. The van der Waals surface area contributed by atoms with Gasteiger partial charge in [0.25, 0.3) is 0 Å². The minimum atomic E-state index is -0.639. The maximum absolute atomic E-state index is 13.6. The van der Waals surface area contributed by atoms with Gasteiger partial charge in [-0.1, -0.05) is 16.7 Å². The first-order valence-electron chi connectivity index (χ1n) is 5.24. The molecule has 1 unspecified atom stereocenters. The molecule has 1 aromatic rings. The van der Waals surface area contributed by atoms with E-state index in [0.717, 1.165) is 6.07 Å². The lowest BCUT2D eigenvalue weighted by molar-refractivity contribution is -0.117. The number of halogens is 2. The van der Waals surface area contributed by atoms with Gasteiger partial charge < -0.3 is 0 Å². The Morgan fingerprint density at radius 1 is 1.72 bits per heavy atom. The van der Waals surface area contributed by atoms with Gasteiger partial charge in [0.2, 0.25) is 5.91 Å². The summed E-state index contributed by atoms with van der Waals surface area (Å²) in [4.78, 5) is 19.4. The fraction of sp³-hybridized carbons (Fsp3) is 0.400. The van der Waals surface area contributed by atoms with E-state index in [1.807, 2.05) is 0 Å². The Labute approximate surface area is 107 Å². The Hall–Kier alpha value is -1.85. The van der Waals surface area contributed by atoms with Gasteiger partial charge in [0.05, 0.1) is 5.02 Å². The van der Waals surface area contributed by atoms with Crippen LogP contribution < -0.4 is 4.90 Å². The van der Waals surface area contributed by atoms with E-state index in [-0.39, 0.29) is 35.6 Å². The van der Waals surface area contributed by atoms with E-state index in [1.54, 1.807) is 0 Å². The quantitative estimate of drug-likeness (QED) is 0.480. The molecule has 0 N–H and O–H groups in total. The third-order valence-electron chi connectivity index (χ3n) is 2.65. The standard InChI is InChI=1S/C10H9ClFN5O/c11-7-2-8(12)10(14-4-7)17-5-6(1-9(17)18)3-15-16-13/h2,4,6H,1,3,5H2. The molecule has 1 atom stereocenters. The summed E-state index contributed by atoms with van der Waals surface area (Å²) in [5, 5.41) is 3.59. The molecular weight excluding hydrogens is 261 g/mol. The van der Waals surface area contributed by atoms with Crippen molar-refractivity contribution >= 4 is 23.3 Å². The lowest BCUT2D eigenvalue weighted by atomic mass is 10.1. The Morgan fingerprint density at radius 2 is 2.50 bits per heavy atom. The van der Waals surface area contributed by atoms with Crippen molar-refractivity contribution in [3.63, 3.8) is 0 Å². The second-order valence-electron chi connectivity index (χ2n) is 3.95. The zero-order chi connectivity index (χ0) is 13.1. The van der Waals surface area contributed by atoms with Crippen LogP contribution in [-0.2, 0) is 4.79 Å². The zero-order valence-corrected chi connectivity index (χ0v) is 10.0. The number of amides is 1. The zero-order valence-electron chi connectivity index (χ0n) is 9.25. The van der Waals surface area contributed by atoms with Gasteiger partial charge in [0.1, 0.15) is 0 Å². The smallest absolute Gasteiger partial charge is 0.228 e. The predicted octanol–water partition coefficient (Wildman–Crippen LogP) is 2.54. The summed E-state index contributed by atoms with van der Waals surface area (Å²) in [6, 6.07) is 1.11. The molecule has 1 amide bonds. The highest BCUT2D eigenvalue weighted by atomic mass is 35.5. The van der Waals surface area contributed by atoms with Crippen LogP contribution in [0, 0.1) is 11.7 Å². The minimum Gasteiger partial charge on any atom is -0.294 e. The van der Waals surface area contributed by atoms with Gasteiger partial charge in [0.15, 0.2) is 11.6 Å². The first kappa shape index (κ1) is 12.6. The number of pyridine rings is 1. The van der Waals surface area contributed by atoms with Crippen LogP contribution in [0.5, 0.6) is 0 Å². The van der Waals surface area contributed by atoms with Crippen molar-refractivity contribution in [2.24, 2.45) is 11.0 Å². The van der Waals surface area contributed by atoms with E-state index in [2.05, 4.69) is 15.0 Å². The minimum absolute atomic E-state index is 0.0344. The second-order valence-corrected chi connectivity index (χ2v) is 4.38. The molecule has 18 heavy (non-hydrogen) atoms. The van der Waals surface area contributed by atoms with Crippen LogP contribution in [0.15, 0.2) is 17.4 Å². The highest BCUT2D eigenvalue weighted by Gasteiger charge is 2.32. The van der Waals surface area contributed by atoms with Gasteiger partial charge in [-0.2, -0.15) is 0 Å². The molecule has 0 radical (unpaired) electrons. The van der Waals surface area contributed by atoms with Crippen molar-refractivity contribution in [2.75, 3.05) is 18.0 Å². The molecule has 0 bridgehead atoms. The molecule has 2 heterocycles. The number of hydrogen-bond donors (Lipinski definition) is 0. The first-order chi connectivity index (χ1) is 8.61. The molecule has 1 aliphatic heterocycles. The number of azide groups is 1. The molecule has 2 rings (SSSR count). The molecule has 0 spiro atoms. The maximum Gasteiger partial charge on any atom is 0.228 e. The Balaban J connectivity index is 2.18. The summed E-state index contributed by atoms with van der Waals surface area (Å²) in [5.74, 6) is -1.01. The summed E-state index contributed by atoms with van der Waals surface area (Å²) in [6.45, 7) is 0.511. The van der Waals surface area contributed by atoms with Crippen LogP contribution in [0.4, 0.5) is 10.2 Å². The van der Waals surface area contributed by atoms with Crippen molar-refractivity contribution in [1.82, 2.24) is 4.98 Å². The van der Waals surface area contributed by atoms with Crippen LogP contribution in [0.2, 0.25) is 5.02 Å². The van der Waals surface area contributed by atoms with Gasteiger partial charge >= 0.3 is 0 Å². The number of carbonyl (C=O) groups excluding carboxylic acids is 1. The van der Waals surface area contributed by atoms with Crippen molar-refractivity contribution in [3.8, 4) is 0 Å². The van der Waals surface area contributed by atoms with E-state index in [0.29, 0.717) is 6.54 Å². The average molecular weight is 270 g/mol. The molecule has 6 nitrogen and oxygen atoms in total. The molecule has 0 saturated carbocycles. The van der Waals surface area contributed by atoms with E-state index >= 15 is 0 Å². The van der Waals surface area contributed by atoms with E-state index in [1.165, 1.54) is 11.1 Å². The molecule has 94 valence electrons. The van der Waals surface area contributed by atoms with Crippen LogP contribution in [0.3, 0.4) is 0 Å². The van der Waals surface area contributed by atoms with Gasteiger partial charge in [-0.15, -0.1) is 0 Å². The summed E-state index contributed by atoms with van der Waals surface area (Å²) < 4.78 is 13.6. The Kier molecular flexibility index (Phi) is 3.64. The molecule has 1 saturated heterocycles. The number of aromatic nitrogens is 1. The predicted molar refractivity (Wildman–Crippen MR) is 63.7 cm³/mol.